The monoisotopic (exact) mass is 314 g/mol. The van der Waals surface area contributed by atoms with E-state index in [1.807, 2.05) is 28.8 Å². The van der Waals surface area contributed by atoms with E-state index in [0.717, 1.165) is 30.7 Å². The maximum absolute atomic E-state index is 12.4. The normalized spacial score (nSPS) is 25.2. The smallest absolute Gasteiger partial charge is 0.240 e. The minimum absolute atomic E-state index is 0.0212. The molecular formula is C17H22N4O2. The molecule has 0 radical (unpaired) electrons. The van der Waals surface area contributed by atoms with Gasteiger partial charge in [0.25, 0.3) is 0 Å². The van der Waals surface area contributed by atoms with Crippen molar-refractivity contribution < 1.29 is 9.53 Å². The summed E-state index contributed by atoms with van der Waals surface area (Å²) in [6.45, 7) is 3.86. The number of carbonyl (C=O) groups is 1. The number of amides is 1. The van der Waals surface area contributed by atoms with Crippen molar-refractivity contribution in [3.8, 4) is 0 Å². The molecule has 1 N–H and O–H groups in total. The van der Waals surface area contributed by atoms with Crippen molar-refractivity contribution in [1.29, 1.82) is 0 Å². The molecule has 23 heavy (non-hydrogen) atoms. The number of ether oxygens (including phenoxy) is 1. The van der Waals surface area contributed by atoms with E-state index in [1.54, 1.807) is 6.33 Å². The predicted octanol–water partition coefficient (Wildman–Crippen LogP) is 1.02. The molecule has 0 bridgehead atoms. The highest BCUT2D eigenvalue weighted by Crippen LogP contribution is 2.19. The summed E-state index contributed by atoms with van der Waals surface area (Å²) in [4.78, 5) is 19.2. The first-order valence-corrected chi connectivity index (χ1v) is 8.32. The quantitative estimate of drug-likeness (QED) is 0.915. The number of likely N-dealkylation sites (tertiary alicyclic amines) is 1. The topological polar surface area (TPSA) is 59.4 Å². The van der Waals surface area contributed by atoms with Crippen molar-refractivity contribution in [3.63, 3.8) is 0 Å². The molecule has 2 aliphatic rings. The second kappa shape index (κ2) is 6.29. The number of nitrogens with one attached hydrogen (secondary N) is 1. The van der Waals surface area contributed by atoms with E-state index in [1.165, 1.54) is 12.8 Å². The molecule has 2 atom stereocenters. The lowest BCUT2D eigenvalue weighted by molar-refractivity contribution is -0.122. The Balaban J connectivity index is 1.41. The average molecular weight is 314 g/mol. The zero-order chi connectivity index (χ0) is 15.6. The van der Waals surface area contributed by atoms with Gasteiger partial charge in [-0.25, -0.2) is 4.98 Å². The fourth-order valence-electron chi connectivity index (χ4n) is 3.66. The molecule has 2 aromatic rings. The largest absolute Gasteiger partial charge is 0.378 e. The van der Waals surface area contributed by atoms with Crippen molar-refractivity contribution in [3.05, 3.63) is 30.6 Å². The number of para-hydroxylation sites is 2. The van der Waals surface area contributed by atoms with Crippen LogP contribution in [0.3, 0.4) is 0 Å². The van der Waals surface area contributed by atoms with Crippen molar-refractivity contribution >= 4 is 16.9 Å². The van der Waals surface area contributed by atoms with Gasteiger partial charge >= 0.3 is 0 Å². The molecule has 2 fully saturated rings. The molecule has 1 aromatic carbocycles. The molecule has 6 heteroatoms. The van der Waals surface area contributed by atoms with E-state index in [2.05, 4.69) is 15.2 Å². The molecule has 0 saturated carbocycles. The van der Waals surface area contributed by atoms with Gasteiger partial charge in [-0.2, -0.15) is 0 Å². The number of nitrogens with zero attached hydrogens (tertiary/aromatic N) is 3. The first-order chi connectivity index (χ1) is 11.3. The molecule has 2 aliphatic heterocycles. The van der Waals surface area contributed by atoms with Gasteiger partial charge in [-0.05, 0) is 38.1 Å². The van der Waals surface area contributed by atoms with Crippen molar-refractivity contribution in [2.75, 3.05) is 26.3 Å². The van der Waals surface area contributed by atoms with E-state index in [0.29, 0.717) is 19.2 Å². The summed E-state index contributed by atoms with van der Waals surface area (Å²) in [6.07, 6.45) is 4.23. The molecule has 6 nitrogen and oxygen atoms in total. The van der Waals surface area contributed by atoms with Crippen LogP contribution in [0.25, 0.3) is 11.0 Å². The third-order valence-electron chi connectivity index (χ3n) is 4.85. The highest BCUT2D eigenvalue weighted by molar-refractivity contribution is 5.80. The molecule has 0 unspecified atom stereocenters. The summed E-state index contributed by atoms with van der Waals surface area (Å²) in [5, 5.41) is 3.15. The van der Waals surface area contributed by atoms with E-state index in [-0.39, 0.29) is 11.9 Å². The summed E-state index contributed by atoms with van der Waals surface area (Å²) in [6, 6.07) is 8.28. The van der Waals surface area contributed by atoms with E-state index in [4.69, 9.17) is 4.74 Å². The van der Waals surface area contributed by atoms with Crippen LogP contribution >= 0.6 is 0 Å². The van der Waals surface area contributed by atoms with Gasteiger partial charge < -0.3 is 14.6 Å². The average Bonchev–Trinajstić information content (AvgIpc) is 3.28. The lowest BCUT2D eigenvalue weighted by atomic mass is 10.1. The number of benzene rings is 1. The van der Waals surface area contributed by atoms with Crippen LogP contribution < -0.4 is 5.32 Å². The minimum Gasteiger partial charge on any atom is -0.378 e. The molecule has 3 heterocycles. The Morgan fingerprint density at radius 2 is 2.09 bits per heavy atom. The van der Waals surface area contributed by atoms with Crippen LogP contribution in [-0.4, -0.2) is 58.7 Å². The lowest BCUT2D eigenvalue weighted by Gasteiger charge is -2.27. The molecule has 4 rings (SSSR count). The Kier molecular flexibility index (Phi) is 4.01. The van der Waals surface area contributed by atoms with Gasteiger partial charge in [0, 0.05) is 0 Å². The number of carbonyl (C=O) groups excluding carboxylic acids is 1. The summed E-state index contributed by atoms with van der Waals surface area (Å²) in [5.41, 5.74) is 1.90. The first-order valence-electron chi connectivity index (χ1n) is 8.32. The number of hydrogen-bond donors (Lipinski definition) is 1. The Morgan fingerprint density at radius 1 is 1.26 bits per heavy atom. The van der Waals surface area contributed by atoms with Crippen LogP contribution in [0.1, 0.15) is 12.8 Å². The van der Waals surface area contributed by atoms with Crippen LogP contribution in [0.2, 0.25) is 0 Å². The summed E-state index contributed by atoms with van der Waals surface area (Å²) in [7, 11) is 0. The standard InChI is InChI=1S/C17H22N4O2/c22-17(9-21-12-18-13-5-1-2-6-15(13)21)19-14-10-23-11-16(14)20-7-3-4-8-20/h1-2,5-6,12,14,16H,3-4,7-11H2,(H,19,22)/t14-,16-/m1/s1. The first kappa shape index (κ1) is 14.7. The van der Waals surface area contributed by atoms with Crippen molar-refractivity contribution in [1.82, 2.24) is 19.8 Å². The summed E-state index contributed by atoms with van der Waals surface area (Å²) in [5.74, 6) is 0.0212. The van der Waals surface area contributed by atoms with E-state index < -0.39 is 0 Å². The predicted molar refractivity (Wildman–Crippen MR) is 87.1 cm³/mol. The van der Waals surface area contributed by atoms with Gasteiger partial charge in [-0.1, -0.05) is 12.1 Å². The minimum atomic E-state index is 0.0212. The molecule has 0 aliphatic carbocycles. The SMILES string of the molecule is O=C(Cn1cnc2ccccc21)N[C@@H]1COC[C@H]1N1CCCC1. The molecule has 2 saturated heterocycles. The molecule has 122 valence electrons. The fraction of sp³-hybridized carbons (Fsp3) is 0.529. The Bertz CT molecular complexity index is 693. The van der Waals surface area contributed by atoms with Gasteiger partial charge in [0.1, 0.15) is 6.54 Å². The highest BCUT2D eigenvalue weighted by atomic mass is 16.5. The highest BCUT2D eigenvalue weighted by Gasteiger charge is 2.35. The zero-order valence-corrected chi connectivity index (χ0v) is 13.1. The molecule has 1 aromatic heterocycles. The fourth-order valence-corrected chi connectivity index (χ4v) is 3.66. The Hall–Kier alpha value is -1.92. The Morgan fingerprint density at radius 3 is 2.96 bits per heavy atom. The molecular weight excluding hydrogens is 292 g/mol. The van der Waals surface area contributed by atoms with Crippen LogP contribution in [0.5, 0.6) is 0 Å². The molecule has 0 spiro atoms. The van der Waals surface area contributed by atoms with Gasteiger partial charge in [0.15, 0.2) is 0 Å². The summed E-state index contributed by atoms with van der Waals surface area (Å²) >= 11 is 0. The Labute approximate surface area is 135 Å². The third-order valence-corrected chi connectivity index (χ3v) is 4.85. The van der Waals surface area contributed by atoms with Crippen LogP contribution in [0, 0.1) is 0 Å². The van der Waals surface area contributed by atoms with Gasteiger partial charge in [0.05, 0.1) is 42.7 Å². The maximum atomic E-state index is 12.4. The van der Waals surface area contributed by atoms with Gasteiger partial charge in [0.2, 0.25) is 5.91 Å². The third kappa shape index (κ3) is 2.96. The number of imidazole rings is 1. The van der Waals surface area contributed by atoms with E-state index >= 15 is 0 Å². The second-order valence-electron chi connectivity index (χ2n) is 6.38. The number of rotatable bonds is 4. The number of fused-ring (bicyclic) bond motifs is 1. The van der Waals surface area contributed by atoms with Crippen LogP contribution in [-0.2, 0) is 16.1 Å². The number of hydrogen-bond acceptors (Lipinski definition) is 4. The van der Waals surface area contributed by atoms with Crippen LogP contribution in [0.15, 0.2) is 30.6 Å². The second-order valence-corrected chi connectivity index (χ2v) is 6.38. The number of aromatic nitrogens is 2. The van der Waals surface area contributed by atoms with Crippen LogP contribution in [0.4, 0.5) is 0 Å². The summed E-state index contributed by atoms with van der Waals surface area (Å²) < 4.78 is 7.51. The van der Waals surface area contributed by atoms with Gasteiger partial charge in [-0.3, -0.25) is 9.69 Å². The maximum Gasteiger partial charge on any atom is 0.240 e. The zero-order valence-electron chi connectivity index (χ0n) is 13.1. The van der Waals surface area contributed by atoms with E-state index in [9.17, 15) is 4.79 Å². The van der Waals surface area contributed by atoms with Crippen molar-refractivity contribution in [2.45, 2.75) is 31.5 Å². The molecule has 1 amide bonds. The lowest BCUT2D eigenvalue weighted by Crippen LogP contribution is -2.50. The van der Waals surface area contributed by atoms with Crippen molar-refractivity contribution in [2.24, 2.45) is 0 Å². The van der Waals surface area contributed by atoms with Gasteiger partial charge in [-0.15, -0.1) is 0 Å².